The average molecular weight is 941 g/mol. The topological polar surface area (TPSA) is 210 Å². The second-order valence-corrected chi connectivity index (χ2v) is 18.7. The number of hydrogen-bond acceptors (Lipinski definition) is 12. The molecule has 0 radical (unpaired) electrons. The number of aliphatic hydroxyl groups is 5. The van der Waals surface area contributed by atoms with Crippen LogP contribution >= 0.6 is 7.82 Å². The van der Waals surface area contributed by atoms with Gasteiger partial charge in [-0.25, -0.2) is 4.57 Å². The van der Waals surface area contributed by atoms with E-state index in [-0.39, 0.29) is 12.8 Å². The van der Waals surface area contributed by atoms with Gasteiger partial charge in [-0.2, -0.15) is 0 Å². The summed E-state index contributed by atoms with van der Waals surface area (Å²) in [6.45, 7) is 3.23. The Balaban J connectivity index is 2.47. The number of ether oxygens (including phenoxy) is 2. The molecule has 376 valence electrons. The number of hydrogen-bond donors (Lipinski definition) is 6. The number of rotatable bonds is 41. The van der Waals surface area contributed by atoms with Gasteiger partial charge in [0.1, 0.15) is 43.2 Å². The Hall–Kier alpha value is -2.45. The summed E-state index contributed by atoms with van der Waals surface area (Å²) >= 11 is 0. The molecule has 13 nitrogen and oxygen atoms in total. The van der Waals surface area contributed by atoms with Crippen LogP contribution in [0.15, 0.2) is 60.8 Å². The largest absolute Gasteiger partial charge is 0.472 e. The molecule has 8 atom stereocenters. The maximum atomic E-state index is 12.8. The molecule has 0 aromatic rings. The fraction of sp³-hybridized carbons (Fsp3) is 0.765. The third kappa shape index (κ3) is 32.8. The quantitative estimate of drug-likeness (QED) is 0.0146. The molecule has 0 heterocycles. The van der Waals surface area contributed by atoms with Crippen LogP contribution in [0.3, 0.4) is 0 Å². The molecule has 14 heteroatoms. The molecular weight excluding hydrogens is 852 g/mol. The summed E-state index contributed by atoms with van der Waals surface area (Å²) in [5.41, 5.74) is 0. The van der Waals surface area contributed by atoms with Crippen LogP contribution in [-0.4, -0.2) is 98.3 Å². The summed E-state index contributed by atoms with van der Waals surface area (Å²) in [6, 6.07) is 0. The van der Waals surface area contributed by atoms with Crippen LogP contribution in [-0.2, 0) is 32.7 Å². The van der Waals surface area contributed by atoms with Crippen molar-refractivity contribution in [1.82, 2.24) is 0 Å². The predicted molar refractivity (Wildman–Crippen MR) is 258 cm³/mol. The van der Waals surface area contributed by atoms with Crippen LogP contribution in [0.2, 0.25) is 0 Å². The van der Waals surface area contributed by atoms with E-state index >= 15 is 0 Å². The number of carbonyl (C=O) groups excluding carboxylic acids is 2. The van der Waals surface area contributed by atoms with E-state index < -0.39 is 75.7 Å². The number of aliphatic hydroxyl groups excluding tert-OH is 5. The molecule has 0 amide bonds. The van der Waals surface area contributed by atoms with Gasteiger partial charge in [0.05, 0.1) is 6.61 Å². The highest BCUT2D eigenvalue weighted by molar-refractivity contribution is 7.47. The molecule has 65 heavy (non-hydrogen) atoms. The molecular formula is C51H89O13P. The van der Waals surface area contributed by atoms with E-state index in [2.05, 4.69) is 50.3 Å². The highest BCUT2D eigenvalue weighted by atomic mass is 31.2. The fourth-order valence-corrected chi connectivity index (χ4v) is 8.27. The molecule has 6 unspecified atom stereocenters. The predicted octanol–water partition coefficient (Wildman–Crippen LogP) is 10.5. The summed E-state index contributed by atoms with van der Waals surface area (Å²) in [5.74, 6) is -1.22. The Labute approximate surface area is 392 Å². The van der Waals surface area contributed by atoms with Crippen LogP contribution in [0, 0.1) is 0 Å². The molecule has 0 bridgehead atoms. The number of allylic oxidation sites excluding steroid dienone is 10. The van der Waals surface area contributed by atoms with Crippen LogP contribution in [0.25, 0.3) is 0 Å². The first kappa shape index (κ1) is 60.6. The van der Waals surface area contributed by atoms with Crippen LogP contribution in [0.5, 0.6) is 0 Å². The van der Waals surface area contributed by atoms with Crippen molar-refractivity contribution in [2.24, 2.45) is 0 Å². The standard InChI is InChI=1S/C51H89O13P/c1-3-5-7-9-11-13-15-17-19-20-21-22-23-24-26-27-29-31-33-35-37-39-44(52)61-41-43(42-62-65(59,60)64-51-49(57)47(55)46(54)48(56)50(51)58)63-45(53)40-38-36-34-32-30-28-25-18-16-14-12-10-8-6-4-2/h19-20,22-23,26-27,31,33-34,36,43,46-51,54-58H,3-18,21,24-25,28-30,32,35,37-42H2,1-2H3,(H,59,60)/b20-19+,23-22+,27-26+,33-31+,36-34+/t43-,46?,47-,48?,49?,50?,51?/m0/s1. The minimum atomic E-state index is -5.14. The zero-order valence-corrected chi connectivity index (χ0v) is 40.9. The van der Waals surface area contributed by atoms with Gasteiger partial charge >= 0.3 is 19.8 Å². The fourth-order valence-electron chi connectivity index (χ4n) is 7.30. The summed E-state index contributed by atoms with van der Waals surface area (Å²) < 4.78 is 33.5. The Morgan fingerprint density at radius 2 is 0.862 bits per heavy atom. The molecule has 0 aromatic heterocycles. The second-order valence-electron chi connectivity index (χ2n) is 17.3. The van der Waals surface area contributed by atoms with Crippen LogP contribution < -0.4 is 0 Å². The number of carbonyl (C=O) groups is 2. The van der Waals surface area contributed by atoms with E-state index in [1.807, 2.05) is 24.3 Å². The van der Waals surface area contributed by atoms with Crippen molar-refractivity contribution >= 4 is 19.8 Å². The molecule has 1 fully saturated rings. The Morgan fingerprint density at radius 3 is 1.34 bits per heavy atom. The first-order chi connectivity index (χ1) is 31.4. The lowest BCUT2D eigenvalue weighted by Gasteiger charge is -2.41. The Bertz CT molecular complexity index is 1370. The third-order valence-corrected chi connectivity index (χ3v) is 12.3. The van der Waals surface area contributed by atoms with Crippen LogP contribution in [0.1, 0.15) is 194 Å². The zero-order chi connectivity index (χ0) is 47.8. The van der Waals surface area contributed by atoms with Crippen molar-refractivity contribution in [3.8, 4) is 0 Å². The van der Waals surface area contributed by atoms with Crippen LogP contribution in [0.4, 0.5) is 0 Å². The minimum Gasteiger partial charge on any atom is -0.462 e. The summed E-state index contributed by atoms with van der Waals surface area (Å²) in [6.07, 6.45) is 37.2. The SMILES string of the molecule is CCCCCCCCC/C=C/C/C=C/C/C=C/C/C=C/CCCC(=O)OC[C@@H](COP(=O)(O)OC1C(O)C(O)C(O)[C@H](O)C1O)OC(=O)CC/C=C/CCCCCCCCCCCCC. The highest BCUT2D eigenvalue weighted by Crippen LogP contribution is 2.47. The van der Waals surface area contributed by atoms with Gasteiger partial charge in [0.15, 0.2) is 6.10 Å². The molecule has 0 aromatic carbocycles. The van der Waals surface area contributed by atoms with Crippen molar-refractivity contribution in [3.05, 3.63) is 60.8 Å². The van der Waals surface area contributed by atoms with E-state index in [1.165, 1.54) is 103 Å². The molecule has 6 N–H and O–H groups in total. The lowest BCUT2D eigenvalue weighted by Crippen LogP contribution is -2.64. The van der Waals surface area contributed by atoms with Gasteiger partial charge in [0, 0.05) is 12.8 Å². The van der Waals surface area contributed by atoms with Gasteiger partial charge in [0.2, 0.25) is 0 Å². The van der Waals surface area contributed by atoms with E-state index in [1.54, 1.807) is 0 Å². The summed E-state index contributed by atoms with van der Waals surface area (Å²) in [5, 5.41) is 50.2. The maximum absolute atomic E-state index is 12.8. The van der Waals surface area contributed by atoms with E-state index in [4.69, 9.17) is 18.5 Å². The van der Waals surface area contributed by atoms with Gasteiger partial charge in [-0.15, -0.1) is 0 Å². The first-order valence-corrected chi connectivity index (χ1v) is 26.6. The van der Waals surface area contributed by atoms with Crippen molar-refractivity contribution in [3.63, 3.8) is 0 Å². The lowest BCUT2D eigenvalue weighted by molar-refractivity contribution is -0.220. The van der Waals surface area contributed by atoms with Crippen molar-refractivity contribution in [2.75, 3.05) is 13.2 Å². The number of phosphoric acid groups is 1. The molecule has 0 aliphatic heterocycles. The summed E-state index contributed by atoms with van der Waals surface area (Å²) in [7, 11) is -5.14. The molecule has 0 saturated heterocycles. The lowest BCUT2D eigenvalue weighted by atomic mass is 9.85. The minimum absolute atomic E-state index is 0.000309. The summed E-state index contributed by atoms with van der Waals surface area (Å²) in [4.78, 5) is 35.7. The zero-order valence-electron chi connectivity index (χ0n) is 40.0. The third-order valence-electron chi connectivity index (χ3n) is 11.3. The highest BCUT2D eigenvalue weighted by Gasteiger charge is 2.51. The average Bonchev–Trinajstić information content (AvgIpc) is 3.29. The van der Waals surface area contributed by atoms with E-state index in [9.17, 15) is 44.6 Å². The Kier molecular flexibility index (Phi) is 37.8. The smallest absolute Gasteiger partial charge is 0.462 e. The maximum Gasteiger partial charge on any atom is 0.472 e. The number of esters is 2. The van der Waals surface area contributed by atoms with Gasteiger partial charge in [-0.05, 0) is 64.2 Å². The van der Waals surface area contributed by atoms with Gasteiger partial charge in [-0.3, -0.25) is 18.6 Å². The first-order valence-electron chi connectivity index (χ1n) is 25.1. The molecule has 1 rings (SSSR count). The van der Waals surface area contributed by atoms with E-state index in [0.29, 0.717) is 19.3 Å². The van der Waals surface area contributed by atoms with Gasteiger partial charge in [0.25, 0.3) is 0 Å². The van der Waals surface area contributed by atoms with Crippen molar-refractivity contribution in [1.29, 1.82) is 0 Å². The van der Waals surface area contributed by atoms with Crippen molar-refractivity contribution < 1.29 is 63.1 Å². The Morgan fingerprint density at radius 1 is 0.477 bits per heavy atom. The van der Waals surface area contributed by atoms with E-state index in [0.717, 1.165) is 44.9 Å². The number of phosphoric ester groups is 1. The second kappa shape index (κ2) is 40.6. The van der Waals surface area contributed by atoms with Crippen molar-refractivity contribution in [2.45, 2.75) is 236 Å². The van der Waals surface area contributed by atoms with Gasteiger partial charge in [-0.1, -0.05) is 177 Å². The van der Waals surface area contributed by atoms with Gasteiger partial charge < -0.3 is 39.9 Å². The normalized spacial score (nSPS) is 21.9. The molecule has 1 aliphatic carbocycles. The number of unbranched alkanes of at least 4 members (excludes halogenated alkanes) is 19. The molecule has 1 aliphatic rings. The molecule has 1 saturated carbocycles. The monoisotopic (exact) mass is 941 g/mol. The molecule has 0 spiro atoms.